The first-order valence-electron chi connectivity index (χ1n) is 9.36. The number of nitriles is 1. The Balaban J connectivity index is 1.81. The number of benzene rings is 1. The number of nitrogens with one attached hydrogen (secondary N) is 2. The van der Waals surface area contributed by atoms with E-state index < -0.39 is 17.7 Å². The van der Waals surface area contributed by atoms with Crippen molar-refractivity contribution in [1.29, 1.82) is 5.26 Å². The van der Waals surface area contributed by atoms with E-state index in [1.165, 1.54) is 6.42 Å². The summed E-state index contributed by atoms with van der Waals surface area (Å²) >= 11 is 1.61. The summed E-state index contributed by atoms with van der Waals surface area (Å²) in [7, 11) is 0. The molecule has 0 saturated carbocycles. The zero-order valence-electron chi connectivity index (χ0n) is 15.6. The van der Waals surface area contributed by atoms with Crippen molar-refractivity contribution in [2.75, 3.05) is 29.6 Å². The number of nitrogens with zero attached hydrogens (tertiary/aromatic N) is 3. The van der Waals surface area contributed by atoms with Crippen LogP contribution in [0.25, 0.3) is 0 Å². The number of thioether (sulfide) groups is 1. The Morgan fingerprint density at radius 1 is 1.18 bits per heavy atom. The van der Waals surface area contributed by atoms with Crippen LogP contribution < -0.4 is 15.8 Å². The van der Waals surface area contributed by atoms with Crippen LogP contribution in [0.15, 0.2) is 34.0 Å². The van der Waals surface area contributed by atoms with Crippen LogP contribution in [0.3, 0.4) is 0 Å². The molecule has 28 heavy (non-hydrogen) atoms. The highest BCUT2D eigenvalue weighted by Crippen LogP contribution is 2.38. The fourth-order valence-electron chi connectivity index (χ4n) is 3.93. The molecule has 2 aromatic rings. The summed E-state index contributed by atoms with van der Waals surface area (Å²) in [6.07, 6.45) is 5.25. The van der Waals surface area contributed by atoms with Gasteiger partial charge in [0.15, 0.2) is 0 Å². The maximum atomic E-state index is 13.0. The van der Waals surface area contributed by atoms with Gasteiger partial charge in [0.2, 0.25) is 11.9 Å². The molecule has 1 aromatic heterocycles. The molecule has 2 N–H and O–H groups in total. The zero-order chi connectivity index (χ0) is 19.7. The van der Waals surface area contributed by atoms with Gasteiger partial charge in [-0.3, -0.25) is 14.6 Å². The SMILES string of the molecule is CSc1ccc([C@@H]2c3c(nc(N4CCCCC4)[nH]c3=O)NC(=O)[C@H]2C#N)cc1. The summed E-state index contributed by atoms with van der Waals surface area (Å²) in [5.41, 5.74) is 0.812. The number of hydrogen-bond acceptors (Lipinski definition) is 6. The predicted octanol–water partition coefficient (Wildman–Crippen LogP) is 2.71. The number of aromatic amines is 1. The van der Waals surface area contributed by atoms with Crippen molar-refractivity contribution in [3.8, 4) is 6.07 Å². The lowest BCUT2D eigenvalue weighted by molar-refractivity contribution is -0.119. The molecule has 1 saturated heterocycles. The minimum absolute atomic E-state index is 0.264. The molecule has 2 atom stereocenters. The summed E-state index contributed by atoms with van der Waals surface area (Å²) in [5.74, 6) is -1.29. The Labute approximate surface area is 167 Å². The summed E-state index contributed by atoms with van der Waals surface area (Å²) in [6.45, 7) is 1.66. The molecule has 0 spiro atoms. The molecular formula is C20H21N5O2S. The number of rotatable bonds is 3. The van der Waals surface area contributed by atoms with Crippen molar-refractivity contribution in [3.63, 3.8) is 0 Å². The number of hydrogen-bond donors (Lipinski definition) is 2. The Kier molecular flexibility index (Phi) is 5.09. The highest BCUT2D eigenvalue weighted by Gasteiger charge is 2.40. The van der Waals surface area contributed by atoms with E-state index >= 15 is 0 Å². The second-order valence-corrected chi connectivity index (χ2v) is 7.93. The van der Waals surface area contributed by atoms with Crippen molar-refractivity contribution in [2.45, 2.75) is 30.1 Å². The van der Waals surface area contributed by atoms with Gasteiger partial charge in [0.05, 0.1) is 11.6 Å². The van der Waals surface area contributed by atoms with E-state index in [0.29, 0.717) is 11.5 Å². The molecule has 3 heterocycles. The van der Waals surface area contributed by atoms with Gasteiger partial charge >= 0.3 is 0 Å². The second kappa shape index (κ2) is 7.68. The third kappa shape index (κ3) is 3.27. The zero-order valence-corrected chi connectivity index (χ0v) is 16.4. The third-order valence-corrected chi connectivity index (χ3v) is 6.12. The Morgan fingerprint density at radius 2 is 1.89 bits per heavy atom. The molecule has 0 aliphatic carbocycles. The molecule has 0 radical (unpaired) electrons. The predicted molar refractivity (Wildman–Crippen MR) is 109 cm³/mol. The van der Waals surface area contributed by atoms with E-state index in [0.717, 1.165) is 36.4 Å². The van der Waals surface area contributed by atoms with Gasteiger partial charge in [-0.1, -0.05) is 12.1 Å². The third-order valence-electron chi connectivity index (χ3n) is 5.38. The summed E-state index contributed by atoms with van der Waals surface area (Å²) in [4.78, 5) is 36.2. The van der Waals surface area contributed by atoms with Crippen LogP contribution in [0.1, 0.15) is 36.3 Å². The van der Waals surface area contributed by atoms with Crippen molar-refractivity contribution in [3.05, 3.63) is 45.7 Å². The number of H-pyrrole nitrogens is 1. The van der Waals surface area contributed by atoms with Gasteiger partial charge in [0.25, 0.3) is 5.56 Å². The van der Waals surface area contributed by atoms with E-state index in [2.05, 4.69) is 21.4 Å². The quantitative estimate of drug-likeness (QED) is 0.775. The average Bonchev–Trinajstić information content (AvgIpc) is 2.73. The van der Waals surface area contributed by atoms with Crippen LogP contribution in [0.2, 0.25) is 0 Å². The van der Waals surface area contributed by atoms with Gasteiger partial charge in [-0.2, -0.15) is 10.2 Å². The molecule has 2 aliphatic heterocycles. The lowest BCUT2D eigenvalue weighted by Crippen LogP contribution is -2.40. The molecule has 0 unspecified atom stereocenters. The van der Waals surface area contributed by atoms with Crippen LogP contribution in [0.5, 0.6) is 0 Å². The van der Waals surface area contributed by atoms with Gasteiger partial charge in [-0.25, -0.2) is 0 Å². The van der Waals surface area contributed by atoms with Gasteiger partial charge in [-0.15, -0.1) is 11.8 Å². The summed E-state index contributed by atoms with van der Waals surface area (Å²) in [5, 5.41) is 12.3. The Bertz CT molecular complexity index is 989. The first kappa shape index (κ1) is 18.6. The van der Waals surface area contributed by atoms with E-state index in [4.69, 9.17) is 0 Å². The Morgan fingerprint density at radius 3 is 2.54 bits per heavy atom. The van der Waals surface area contributed by atoms with E-state index in [1.807, 2.05) is 35.4 Å². The van der Waals surface area contributed by atoms with Gasteiger partial charge in [-0.05, 0) is 43.2 Å². The molecule has 8 heteroatoms. The molecular weight excluding hydrogens is 374 g/mol. The van der Waals surface area contributed by atoms with Crippen LogP contribution in [0, 0.1) is 17.2 Å². The molecule has 0 bridgehead atoms. The molecule has 1 fully saturated rings. The summed E-state index contributed by atoms with van der Waals surface area (Å²) in [6, 6.07) is 9.69. The minimum Gasteiger partial charge on any atom is -0.342 e. The van der Waals surface area contributed by atoms with Gasteiger partial charge in [0, 0.05) is 23.9 Å². The molecule has 7 nitrogen and oxygen atoms in total. The number of anilines is 2. The Hall–Kier alpha value is -2.79. The maximum Gasteiger partial charge on any atom is 0.258 e. The van der Waals surface area contributed by atoms with E-state index in [9.17, 15) is 14.9 Å². The van der Waals surface area contributed by atoms with Crippen molar-refractivity contribution in [1.82, 2.24) is 9.97 Å². The molecule has 144 valence electrons. The molecule has 1 aromatic carbocycles. The van der Waals surface area contributed by atoms with Crippen LogP contribution in [-0.2, 0) is 4.79 Å². The second-order valence-electron chi connectivity index (χ2n) is 7.05. The van der Waals surface area contributed by atoms with Crippen molar-refractivity contribution >= 4 is 29.4 Å². The number of fused-ring (bicyclic) bond motifs is 1. The maximum absolute atomic E-state index is 13.0. The summed E-state index contributed by atoms with van der Waals surface area (Å²) < 4.78 is 0. The van der Waals surface area contributed by atoms with Crippen LogP contribution in [0.4, 0.5) is 11.8 Å². The number of carbonyl (C=O) groups excluding carboxylic acids is 1. The van der Waals surface area contributed by atoms with E-state index in [1.54, 1.807) is 11.8 Å². The smallest absolute Gasteiger partial charge is 0.258 e. The van der Waals surface area contributed by atoms with E-state index in [-0.39, 0.29) is 11.4 Å². The van der Waals surface area contributed by atoms with Crippen molar-refractivity contribution in [2.24, 2.45) is 5.92 Å². The van der Waals surface area contributed by atoms with Gasteiger partial charge in [0.1, 0.15) is 11.7 Å². The first-order valence-corrected chi connectivity index (χ1v) is 10.6. The fourth-order valence-corrected chi connectivity index (χ4v) is 4.33. The minimum atomic E-state index is -0.976. The highest BCUT2D eigenvalue weighted by molar-refractivity contribution is 7.98. The van der Waals surface area contributed by atoms with Gasteiger partial charge < -0.3 is 10.2 Å². The molecule has 1 amide bonds. The normalized spacial score (nSPS) is 21.6. The molecule has 2 aliphatic rings. The van der Waals surface area contributed by atoms with Crippen LogP contribution >= 0.6 is 11.8 Å². The lowest BCUT2D eigenvalue weighted by Gasteiger charge is -2.31. The van der Waals surface area contributed by atoms with Crippen molar-refractivity contribution < 1.29 is 4.79 Å². The topological polar surface area (TPSA) is 102 Å². The first-order chi connectivity index (χ1) is 13.6. The van der Waals surface area contributed by atoms with Crippen LogP contribution in [-0.4, -0.2) is 35.2 Å². The fraction of sp³-hybridized carbons (Fsp3) is 0.400. The standard InChI is InChI=1S/C20H21N5O2S/c1-28-13-7-5-12(6-8-13)15-14(11-21)18(26)22-17-16(15)19(27)24-20(23-17)25-9-3-2-4-10-25/h5-8,14-15H,2-4,9-10H2,1H3,(H2,22,23,24,26,27)/t14-,15-/m0/s1. The largest absolute Gasteiger partial charge is 0.342 e. The number of aromatic nitrogens is 2. The number of piperidine rings is 1. The molecule has 4 rings (SSSR count). The average molecular weight is 395 g/mol. The lowest BCUT2D eigenvalue weighted by atomic mass is 9.79. The number of carbonyl (C=O) groups is 1. The monoisotopic (exact) mass is 395 g/mol. The highest BCUT2D eigenvalue weighted by atomic mass is 32.2. The number of amides is 1.